The van der Waals surface area contributed by atoms with Crippen LogP contribution in [0.25, 0.3) is 0 Å². The molecule has 2 aromatic rings. The minimum absolute atomic E-state index is 0.153. The van der Waals surface area contributed by atoms with E-state index in [0.717, 1.165) is 11.3 Å². The van der Waals surface area contributed by atoms with Crippen LogP contribution in [0, 0.1) is 13.8 Å². The summed E-state index contributed by atoms with van der Waals surface area (Å²) in [5.74, 6) is 0. The van der Waals surface area contributed by atoms with Gasteiger partial charge in [0.25, 0.3) is 0 Å². The Labute approximate surface area is 123 Å². The molecule has 1 heterocycles. The van der Waals surface area contributed by atoms with Gasteiger partial charge in [-0.2, -0.15) is 0 Å². The summed E-state index contributed by atoms with van der Waals surface area (Å²) >= 11 is 12.0. The molecule has 1 aromatic carbocycles. The van der Waals surface area contributed by atoms with E-state index in [1.165, 1.54) is 11.1 Å². The van der Waals surface area contributed by atoms with Crippen LogP contribution in [0.5, 0.6) is 0 Å². The second kappa shape index (κ2) is 5.81. The third-order valence-corrected chi connectivity index (χ3v) is 3.55. The molecule has 0 fully saturated rings. The first-order chi connectivity index (χ1) is 8.97. The molecular formula is C15H16Cl2N2. The van der Waals surface area contributed by atoms with Gasteiger partial charge in [0.1, 0.15) is 5.15 Å². The first kappa shape index (κ1) is 14.2. The third kappa shape index (κ3) is 3.40. The predicted molar refractivity (Wildman–Crippen MR) is 82.2 cm³/mol. The van der Waals surface area contributed by atoms with Gasteiger partial charge in [0.2, 0.25) is 0 Å². The minimum atomic E-state index is 0.153. The van der Waals surface area contributed by atoms with E-state index in [0.29, 0.717) is 10.3 Å². The van der Waals surface area contributed by atoms with Crippen molar-refractivity contribution in [2.75, 3.05) is 5.32 Å². The maximum absolute atomic E-state index is 6.13. The summed E-state index contributed by atoms with van der Waals surface area (Å²) in [4.78, 5) is 4.06. The molecule has 100 valence electrons. The summed E-state index contributed by atoms with van der Waals surface area (Å²) < 4.78 is 0. The molecule has 0 amide bonds. The monoisotopic (exact) mass is 294 g/mol. The van der Waals surface area contributed by atoms with Crippen LogP contribution >= 0.6 is 23.2 Å². The highest BCUT2D eigenvalue weighted by atomic mass is 35.5. The molecule has 2 rings (SSSR count). The zero-order valence-corrected chi connectivity index (χ0v) is 12.7. The fourth-order valence-corrected chi connectivity index (χ4v) is 2.51. The van der Waals surface area contributed by atoms with Crippen molar-refractivity contribution < 1.29 is 0 Å². The van der Waals surface area contributed by atoms with Crippen LogP contribution in [0.3, 0.4) is 0 Å². The Kier molecular flexibility index (Phi) is 4.33. The number of benzene rings is 1. The number of anilines is 1. The number of nitrogens with zero attached hydrogens (tertiary/aromatic N) is 1. The molecule has 0 saturated heterocycles. The molecule has 4 heteroatoms. The predicted octanol–water partition coefficient (Wildman–Crippen LogP) is 5.18. The second-order valence-electron chi connectivity index (χ2n) is 4.70. The van der Waals surface area contributed by atoms with Crippen LogP contribution in [0.4, 0.5) is 5.69 Å². The van der Waals surface area contributed by atoms with Crippen LogP contribution < -0.4 is 5.32 Å². The Morgan fingerprint density at radius 2 is 1.74 bits per heavy atom. The molecule has 19 heavy (non-hydrogen) atoms. The van der Waals surface area contributed by atoms with Crippen molar-refractivity contribution in [2.24, 2.45) is 0 Å². The topological polar surface area (TPSA) is 24.9 Å². The molecule has 1 unspecified atom stereocenters. The number of aryl methyl sites for hydroxylation is 2. The molecule has 0 saturated carbocycles. The molecule has 2 nitrogen and oxygen atoms in total. The number of pyridine rings is 1. The number of hydrogen-bond acceptors (Lipinski definition) is 2. The number of rotatable bonds is 3. The van der Waals surface area contributed by atoms with Crippen molar-refractivity contribution >= 4 is 28.9 Å². The Morgan fingerprint density at radius 1 is 1.11 bits per heavy atom. The average Bonchev–Trinajstić information content (AvgIpc) is 2.34. The van der Waals surface area contributed by atoms with Crippen LogP contribution in [0.2, 0.25) is 10.3 Å². The Morgan fingerprint density at radius 3 is 2.32 bits per heavy atom. The van der Waals surface area contributed by atoms with E-state index in [1.807, 2.05) is 6.92 Å². The van der Waals surface area contributed by atoms with Gasteiger partial charge >= 0.3 is 0 Å². The van der Waals surface area contributed by atoms with Gasteiger partial charge in [-0.3, -0.25) is 0 Å². The molecule has 1 N–H and O–H groups in total. The highest BCUT2D eigenvalue weighted by Crippen LogP contribution is 2.29. The molecule has 0 bridgehead atoms. The Bertz CT molecular complexity index is 556. The van der Waals surface area contributed by atoms with Crippen LogP contribution in [-0.4, -0.2) is 4.98 Å². The first-order valence-electron chi connectivity index (χ1n) is 6.13. The molecule has 1 atom stereocenters. The number of nitrogens with one attached hydrogen (secondary N) is 1. The van der Waals surface area contributed by atoms with Gasteiger partial charge < -0.3 is 5.32 Å². The van der Waals surface area contributed by atoms with Crippen molar-refractivity contribution in [3.63, 3.8) is 0 Å². The lowest BCUT2D eigenvalue weighted by Gasteiger charge is -2.18. The molecular weight excluding hydrogens is 279 g/mol. The summed E-state index contributed by atoms with van der Waals surface area (Å²) in [6.45, 7) is 6.13. The van der Waals surface area contributed by atoms with Gasteiger partial charge in [-0.05, 0) is 38.0 Å². The minimum Gasteiger partial charge on any atom is -0.376 e. The van der Waals surface area contributed by atoms with E-state index < -0.39 is 0 Å². The van der Waals surface area contributed by atoms with E-state index in [9.17, 15) is 0 Å². The standard InChI is InChI=1S/C15H16Cl2N2/c1-9-4-6-12(7-5-9)11(3)18-14-10(2)8-13(16)19-15(14)17/h4-8,11,18H,1-3H3. The van der Waals surface area contributed by atoms with Crippen LogP contribution in [0.15, 0.2) is 30.3 Å². The largest absolute Gasteiger partial charge is 0.376 e. The van der Waals surface area contributed by atoms with Gasteiger partial charge in [-0.15, -0.1) is 0 Å². The van der Waals surface area contributed by atoms with Gasteiger partial charge in [-0.25, -0.2) is 4.98 Å². The lowest BCUT2D eigenvalue weighted by molar-refractivity contribution is 0.880. The lowest BCUT2D eigenvalue weighted by Crippen LogP contribution is -2.08. The van der Waals surface area contributed by atoms with Crippen molar-refractivity contribution in [1.29, 1.82) is 0 Å². The summed E-state index contributed by atoms with van der Waals surface area (Å²) in [5.41, 5.74) is 4.28. The smallest absolute Gasteiger partial charge is 0.154 e. The van der Waals surface area contributed by atoms with Gasteiger partial charge in [0.15, 0.2) is 5.15 Å². The average molecular weight is 295 g/mol. The van der Waals surface area contributed by atoms with E-state index in [2.05, 4.69) is 48.4 Å². The molecule has 1 aromatic heterocycles. The van der Waals surface area contributed by atoms with Crippen molar-refractivity contribution in [3.05, 3.63) is 57.3 Å². The Balaban J connectivity index is 2.24. The highest BCUT2D eigenvalue weighted by Gasteiger charge is 2.11. The molecule has 0 radical (unpaired) electrons. The van der Waals surface area contributed by atoms with Crippen molar-refractivity contribution in [2.45, 2.75) is 26.8 Å². The highest BCUT2D eigenvalue weighted by molar-refractivity contribution is 6.34. The Hall–Kier alpha value is -1.25. The first-order valence-corrected chi connectivity index (χ1v) is 6.88. The van der Waals surface area contributed by atoms with E-state index in [4.69, 9.17) is 23.2 Å². The zero-order chi connectivity index (χ0) is 14.0. The summed E-state index contributed by atoms with van der Waals surface area (Å²) in [6.07, 6.45) is 0. The second-order valence-corrected chi connectivity index (χ2v) is 5.45. The third-order valence-electron chi connectivity index (χ3n) is 3.08. The SMILES string of the molecule is Cc1ccc(C(C)Nc2c(C)cc(Cl)nc2Cl)cc1. The van der Waals surface area contributed by atoms with E-state index in [1.54, 1.807) is 6.07 Å². The lowest BCUT2D eigenvalue weighted by atomic mass is 10.1. The summed E-state index contributed by atoms with van der Waals surface area (Å²) in [6, 6.07) is 10.4. The fraction of sp³-hybridized carbons (Fsp3) is 0.267. The normalized spacial score (nSPS) is 12.3. The zero-order valence-electron chi connectivity index (χ0n) is 11.2. The van der Waals surface area contributed by atoms with Crippen molar-refractivity contribution in [1.82, 2.24) is 4.98 Å². The molecule has 0 aliphatic rings. The van der Waals surface area contributed by atoms with Gasteiger partial charge in [0.05, 0.1) is 5.69 Å². The van der Waals surface area contributed by atoms with Crippen molar-refractivity contribution in [3.8, 4) is 0 Å². The molecule has 0 aliphatic heterocycles. The van der Waals surface area contributed by atoms with Gasteiger partial charge in [0, 0.05) is 6.04 Å². The fourth-order valence-electron chi connectivity index (χ4n) is 1.92. The summed E-state index contributed by atoms with van der Waals surface area (Å²) in [7, 11) is 0. The summed E-state index contributed by atoms with van der Waals surface area (Å²) in [5, 5.41) is 4.21. The molecule has 0 aliphatic carbocycles. The number of hydrogen-bond donors (Lipinski definition) is 1. The van der Waals surface area contributed by atoms with E-state index >= 15 is 0 Å². The number of aromatic nitrogens is 1. The van der Waals surface area contributed by atoms with E-state index in [-0.39, 0.29) is 6.04 Å². The van der Waals surface area contributed by atoms with Crippen LogP contribution in [-0.2, 0) is 0 Å². The maximum atomic E-state index is 6.13. The quantitative estimate of drug-likeness (QED) is 0.789. The van der Waals surface area contributed by atoms with Gasteiger partial charge in [-0.1, -0.05) is 53.0 Å². The maximum Gasteiger partial charge on any atom is 0.154 e. The number of halogens is 2. The molecule has 0 spiro atoms. The van der Waals surface area contributed by atoms with Crippen LogP contribution in [0.1, 0.15) is 29.7 Å².